The van der Waals surface area contributed by atoms with Gasteiger partial charge in [-0.15, -0.1) is 0 Å². The van der Waals surface area contributed by atoms with Crippen LogP contribution in [0.1, 0.15) is 27.2 Å². The Kier molecular flexibility index (Phi) is 4.57. The number of rotatable bonds is 5. The maximum Gasteiger partial charge on any atom is 0.312 e. The van der Waals surface area contributed by atoms with Crippen LogP contribution in [0.3, 0.4) is 0 Å². The van der Waals surface area contributed by atoms with E-state index in [1.807, 2.05) is 6.92 Å². The van der Waals surface area contributed by atoms with Gasteiger partial charge in [-0.05, 0) is 32.4 Å². The lowest BCUT2D eigenvalue weighted by molar-refractivity contribution is -0.152. The fourth-order valence-electron chi connectivity index (χ4n) is 1.59. The Labute approximate surface area is 111 Å². The molecule has 0 aliphatic rings. The van der Waals surface area contributed by atoms with Gasteiger partial charge >= 0.3 is 5.97 Å². The minimum atomic E-state index is -1.05. The van der Waals surface area contributed by atoms with Crippen LogP contribution >= 0.6 is 11.6 Å². The molecule has 5 heteroatoms. The van der Waals surface area contributed by atoms with Crippen LogP contribution in [-0.4, -0.2) is 17.2 Å². The molecule has 1 atom stereocenters. The third-order valence-corrected chi connectivity index (χ3v) is 3.20. The summed E-state index contributed by atoms with van der Waals surface area (Å²) in [5.74, 6) is -1.26. The number of ether oxygens (including phenoxy) is 1. The molecule has 3 nitrogen and oxygen atoms in total. The second-order valence-electron chi connectivity index (χ2n) is 4.62. The predicted molar refractivity (Wildman–Crippen MR) is 67.5 cm³/mol. The molecule has 1 N–H and O–H groups in total. The average Bonchev–Trinajstić information content (AvgIpc) is 2.30. The van der Waals surface area contributed by atoms with Gasteiger partial charge in [-0.25, -0.2) is 4.39 Å². The zero-order valence-electron chi connectivity index (χ0n) is 10.5. The average molecular weight is 275 g/mol. The highest BCUT2D eigenvalue weighted by atomic mass is 35.5. The van der Waals surface area contributed by atoms with Crippen molar-refractivity contribution in [3.8, 4) is 5.75 Å². The lowest BCUT2D eigenvalue weighted by Crippen LogP contribution is -2.40. The molecule has 0 saturated carbocycles. The Balaban J connectivity index is 2.93. The van der Waals surface area contributed by atoms with E-state index < -0.39 is 23.3 Å². The monoisotopic (exact) mass is 274 g/mol. The summed E-state index contributed by atoms with van der Waals surface area (Å²) in [4.78, 5) is 11.2. The molecule has 100 valence electrons. The lowest BCUT2D eigenvalue weighted by atomic mass is 9.85. The van der Waals surface area contributed by atoms with E-state index in [4.69, 9.17) is 21.4 Å². The maximum atomic E-state index is 13.3. The van der Waals surface area contributed by atoms with Crippen molar-refractivity contribution >= 4 is 17.6 Å². The number of benzene rings is 1. The van der Waals surface area contributed by atoms with Gasteiger partial charge in [-0.3, -0.25) is 4.79 Å². The molecule has 1 rings (SSSR count). The minimum Gasteiger partial charge on any atom is -0.489 e. The molecule has 0 spiro atoms. The van der Waals surface area contributed by atoms with E-state index in [-0.39, 0.29) is 10.8 Å². The van der Waals surface area contributed by atoms with E-state index >= 15 is 0 Å². The van der Waals surface area contributed by atoms with E-state index in [1.54, 1.807) is 13.8 Å². The first kappa shape index (κ1) is 14.8. The normalized spacial score (nSPS) is 13.2. The Morgan fingerprint density at radius 2 is 2.17 bits per heavy atom. The fourth-order valence-corrected chi connectivity index (χ4v) is 1.71. The molecule has 1 aromatic carbocycles. The van der Waals surface area contributed by atoms with Gasteiger partial charge in [0.15, 0.2) is 0 Å². The van der Waals surface area contributed by atoms with E-state index in [0.29, 0.717) is 6.42 Å². The van der Waals surface area contributed by atoms with Crippen LogP contribution < -0.4 is 4.74 Å². The van der Waals surface area contributed by atoms with Crippen molar-refractivity contribution in [1.82, 2.24) is 0 Å². The highest BCUT2D eigenvalue weighted by Gasteiger charge is 2.37. The van der Waals surface area contributed by atoms with Gasteiger partial charge in [-0.1, -0.05) is 18.5 Å². The Morgan fingerprint density at radius 1 is 1.56 bits per heavy atom. The summed E-state index contributed by atoms with van der Waals surface area (Å²) in [6.07, 6.45) is -0.0422. The molecule has 0 heterocycles. The molecule has 18 heavy (non-hydrogen) atoms. The largest absolute Gasteiger partial charge is 0.489 e. The molecular weight excluding hydrogens is 259 g/mol. The van der Waals surface area contributed by atoms with Crippen molar-refractivity contribution in [2.75, 3.05) is 0 Å². The topological polar surface area (TPSA) is 46.5 Å². The molecular formula is C13H16ClFO3. The van der Waals surface area contributed by atoms with E-state index in [9.17, 15) is 9.18 Å². The Morgan fingerprint density at radius 3 is 2.61 bits per heavy atom. The number of carboxylic acid groups (broad SMARTS) is 1. The number of hydrogen-bond acceptors (Lipinski definition) is 2. The number of hydrogen-bond donors (Lipinski definition) is 1. The van der Waals surface area contributed by atoms with Crippen molar-refractivity contribution < 1.29 is 19.0 Å². The van der Waals surface area contributed by atoms with Crippen LogP contribution in [0.5, 0.6) is 5.75 Å². The summed E-state index contributed by atoms with van der Waals surface area (Å²) in [5, 5.41) is 9.15. The molecule has 0 radical (unpaired) electrons. The SMILES string of the molecule is CCC(Oc1ccc(Cl)c(F)c1)C(C)(C)C(=O)O. The van der Waals surface area contributed by atoms with Crippen LogP contribution in [0, 0.1) is 11.2 Å². The summed E-state index contributed by atoms with van der Waals surface area (Å²) < 4.78 is 18.8. The second kappa shape index (κ2) is 5.57. The molecule has 0 amide bonds. The van der Waals surface area contributed by atoms with Gasteiger partial charge in [0.25, 0.3) is 0 Å². The molecule has 0 saturated heterocycles. The van der Waals surface area contributed by atoms with E-state index in [1.165, 1.54) is 12.1 Å². The predicted octanol–water partition coefficient (Wildman–Crippen LogP) is 3.75. The van der Waals surface area contributed by atoms with Crippen LogP contribution in [0.2, 0.25) is 5.02 Å². The van der Waals surface area contributed by atoms with Crippen molar-refractivity contribution in [1.29, 1.82) is 0 Å². The molecule has 1 aromatic rings. The third-order valence-electron chi connectivity index (χ3n) is 2.90. The van der Waals surface area contributed by atoms with E-state index in [2.05, 4.69) is 0 Å². The van der Waals surface area contributed by atoms with Gasteiger partial charge in [0, 0.05) is 6.07 Å². The van der Waals surface area contributed by atoms with Crippen molar-refractivity contribution in [3.05, 3.63) is 29.0 Å². The zero-order chi connectivity index (χ0) is 13.9. The van der Waals surface area contributed by atoms with Crippen molar-refractivity contribution in [2.24, 2.45) is 5.41 Å². The maximum absolute atomic E-state index is 13.3. The smallest absolute Gasteiger partial charge is 0.312 e. The fraction of sp³-hybridized carbons (Fsp3) is 0.462. The third kappa shape index (κ3) is 3.13. The number of halogens is 2. The Bertz CT molecular complexity index is 446. The summed E-state index contributed by atoms with van der Waals surface area (Å²) >= 11 is 5.57. The summed E-state index contributed by atoms with van der Waals surface area (Å²) in [6.45, 7) is 4.98. The molecule has 0 aliphatic carbocycles. The van der Waals surface area contributed by atoms with Gasteiger partial charge in [0.2, 0.25) is 0 Å². The van der Waals surface area contributed by atoms with Crippen LogP contribution in [0.25, 0.3) is 0 Å². The molecule has 0 bridgehead atoms. The molecule has 0 aliphatic heterocycles. The summed E-state index contributed by atoms with van der Waals surface area (Å²) in [6, 6.07) is 4.06. The van der Waals surface area contributed by atoms with E-state index in [0.717, 1.165) is 6.07 Å². The quantitative estimate of drug-likeness (QED) is 0.889. The first-order valence-electron chi connectivity index (χ1n) is 5.64. The first-order valence-corrected chi connectivity index (χ1v) is 6.02. The van der Waals surface area contributed by atoms with Gasteiger partial charge in [-0.2, -0.15) is 0 Å². The lowest BCUT2D eigenvalue weighted by Gasteiger charge is -2.30. The molecule has 1 unspecified atom stereocenters. The Hall–Kier alpha value is -1.29. The van der Waals surface area contributed by atoms with Crippen LogP contribution in [0.15, 0.2) is 18.2 Å². The van der Waals surface area contributed by atoms with Crippen LogP contribution in [-0.2, 0) is 4.79 Å². The number of carboxylic acids is 1. The number of aliphatic carboxylic acids is 1. The van der Waals surface area contributed by atoms with Crippen LogP contribution in [0.4, 0.5) is 4.39 Å². The molecule has 0 aromatic heterocycles. The minimum absolute atomic E-state index is 0.00731. The zero-order valence-corrected chi connectivity index (χ0v) is 11.3. The highest BCUT2D eigenvalue weighted by Crippen LogP contribution is 2.29. The van der Waals surface area contributed by atoms with Gasteiger partial charge in [0.1, 0.15) is 17.7 Å². The van der Waals surface area contributed by atoms with Crippen molar-refractivity contribution in [2.45, 2.75) is 33.3 Å². The second-order valence-corrected chi connectivity index (χ2v) is 5.02. The molecule has 0 fully saturated rings. The summed E-state index contributed by atoms with van der Waals surface area (Å²) in [5.41, 5.74) is -1.05. The standard InChI is InChI=1S/C13H16ClFO3/c1-4-11(13(2,3)12(16)17)18-8-5-6-9(14)10(15)7-8/h5-7,11H,4H2,1-3H3,(H,16,17). The van der Waals surface area contributed by atoms with Gasteiger partial charge < -0.3 is 9.84 Å². The summed E-state index contributed by atoms with van der Waals surface area (Å²) in [7, 11) is 0. The number of carbonyl (C=O) groups is 1. The highest BCUT2D eigenvalue weighted by molar-refractivity contribution is 6.30. The van der Waals surface area contributed by atoms with Gasteiger partial charge in [0.05, 0.1) is 10.4 Å². The first-order chi connectivity index (χ1) is 8.28. The van der Waals surface area contributed by atoms with Crippen molar-refractivity contribution in [3.63, 3.8) is 0 Å².